The molecular formula is C13H13ClFNO2S. The topological polar surface area (TPSA) is 31.4 Å². The molecule has 0 aliphatic carbocycles. The lowest BCUT2D eigenvalue weighted by Gasteiger charge is -2.22. The predicted molar refractivity (Wildman–Crippen MR) is 73.0 cm³/mol. The van der Waals surface area contributed by atoms with E-state index in [1.165, 1.54) is 17.5 Å². The third kappa shape index (κ3) is 2.74. The second-order valence-electron chi connectivity index (χ2n) is 4.42. The van der Waals surface area contributed by atoms with Gasteiger partial charge in [-0.05, 0) is 25.3 Å². The van der Waals surface area contributed by atoms with E-state index in [9.17, 15) is 4.39 Å². The highest BCUT2D eigenvalue weighted by atomic mass is 35.5. The van der Waals surface area contributed by atoms with Crippen LogP contribution >= 0.6 is 22.9 Å². The standard InChI is InChI=1S/C13H13ClFNO2S/c14-8-4-5-16-12-11(15)9(19-13(8)12)7-18-10-3-1-2-6-17-10/h4-5,10H,1-3,6-7H2. The van der Waals surface area contributed by atoms with E-state index in [4.69, 9.17) is 21.1 Å². The predicted octanol–water partition coefficient (Wildman–Crippen LogP) is 4.13. The Hall–Kier alpha value is -0.750. The van der Waals surface area contributed by atoms with Gasteiger partial charge in [0, 0.05) is 12.8 Å². The monoisotopic (exact) mass is 301 g/mol. The van der Waals surface area contributed by atoms with Gasteiger partial charge in [-0.25, -0.2) is 4.39 Å². The van der Waals surface area contributed by atoms with E-state index in [2.05, 4.69) is 4.98 Å². The van der Waals surface area contributed by atoms with E-state index < -0.39 is 0 Å². The van der Waals surface area contributed by atoms with E-state index in [0.29, 0.717) is 26.7 Å². The maximum absolute atomic E-state index is 14.1. The first-order valence-corrected chi connectivity index (χ1v) is 7.40. The number of hydrogen-bond acceptors (Lipinski definition) is 4. The number of nitrogens with zero attached hydrogens (tertiary/aromatic N) is 1. The van der Waals surface area contributed by atoms with Gasteiger partial charge in [-0.3, -0.25) is 4.98 Å². The van der Waals surface area contributed by atoms with Crippen LogP contribution in [0.1, 0.15) is 24.1 Å². The SMILES string of the molecule is Fc1c(COC2CCCCO2)sc2c(Cl)ccnc12. The van der Waals surface area contributed by atoms with Crippen LogP contribution in [0.4, 0.5) is 4.39 Å². The molecule has 1 aliphatic heterocycles. The molecule has 1 aliphatic rings. The minimum absolute atomic E-state index is 0.202. The van der Waals surface area contributed by atoms with Crippen molar-refractivity contribution in [3.63, 3.8) is 0 Å². The Morgan fingerprint density at radius 2 is 2.42 bits per heavy atom. The molecule has 0 amide bonds. The molecule has 0 radical (unpaired) electrons. The molecule has 1 saturated heterocycles. The Morgan fingerprint density at radius 1 is 1.53 bits per heavy atom. The summed E-state index contributed by atoms with van der Waals surface area (Å²) in [6.45, 7) is 0.917. The molecule has 19 heavy (non-hydrogen) atoms. The van der Waals surface area contributed by atoms with Crippen LogP contribution < -0.4 is 0 Å². The molecule has 2 aromatic rings. The fraction of sp³-hybridized carbons (Fsp3) is 0.462. The zero-order chi connectivity index (χ0) is 13.2. The minimum Gasteiger partial charge on any atom is -0.353 e. The van der Waals surface area contributed by atoms with E-state index in [1.54, 1.807) is 6.07 Å². The lowest BCUT2D eigenvalue weighted by atomic mass is 10.2. The Bertz CT molecular complexity index is 583. The number of hydrogen-bond donors (Lipinski definition) is 0. The Kier molecular flexibility index (Phi) is 3.98. The first-order chi connectivity index (χ1) is 9.25. The largest absolute Gasteiger partial charge is 0.353 e. The molecule has 0 aromatic carbocycles. The molecular weight excluding hydrogens is 289 g/mol. The van der Waals surface area contributed by atoms with Crippen molar-refractivity contribution < 1.29 is 13.9 Å². The van der Waals surface area contributed by atoms with Crippen molar-refractivity contribution in [3.8, 4) is 0 Å². The highest BCUT2D eigenvalue weighted by Crippen LogP contribution is 2.34. The lowest BCUT2D eigenvalue weighted by molar-refractivity contribution is -0.168. The number of aromatic nitrogens is 1. The van der Waals surface area contributed by atoms with E-state index in [0.717, 1.165) is 19.3 Å². The summed E-state index contributed by atoms with van der Waals surface area (Å²) in [5.41, 5.74) is 0.320. The Morgan fingerprint density at radius 3 is 3.16 bits per heavy atom. The number of halogens is 2. The molecule has 0 spiro atoms. The van der Waals surface area contributed by atoms with Crippen molar-refractivity contribution in [3.05, 3.63) is 28.0 Å². The summed E-state index contributed by atoms with van der Waals surface area (Å²) in [5, 5.41) is 0.522. The molecule has 1 atom stereocenters. The van der Waals surface area contributed by atoms with Gasteiger partial charge in [0.05, 0.1) is 21.2 Å². The molecule has 2 aromatic heterocycles. The molecule has 1 unspecified atom stereocenters. The highest BCUT2D eigenvalue weighted by Gasteiger charge is 2.19. The number of rotatable bonds is 3. The van der Waals surface area contributed by atoms with Crippen LogP contribution in [0.2, 0.25) is 5.02 Å². The maximum atomic E-state index is 14.1. The van der Waals surface area contributed by atoms with Crippen LogP contribution in [0.15, 0.2) is 12.3 Å². The van der Waals surface area contributed by atoms with E-state index in [1.807, 2.05) is 0 Å². The summed E-state index contributed by atoms with van der Waals surface area (Å²) in [6, 6.07) is 1.66. The summed E-state index contributed by atoms with van der Waals surface area (Å²) in [4.78, 5) is 4.54. The van der Waals surface area contributed by atoms with Crippen molar-refractivity contribution in [2.24, 2.45) is 0 Å². The molecule has 6 heteroatoms. The molecule has 1 fully saturated rings. The average molecular weight is 302 g/mol. The second kappa shape index (κ2) is 5.71. The van der Waals surface area contributed by atoms with Gasteiger partial charge in [-0.1, -0.05) is 11.6 Å². The zero-order valence-corrected chi connectivity index (χ0v) is 11.8. The van der Waals surface area contributed by atoms with Crippen LogP contribution in [0, 0.1) is 5.82 Å². The number of ether oxygens (including phenoxy) is 2. The molecule has 3 heterocycles. The van der Waals surface area contributed by atoms with E-state index in [-0.39, 0.29) is 18.7 Å². The summed E-state index contributed by atoms with van der Waals surface area (Å²) in [6.07, 6.45) is 4.31. The average Bonchev–Trinajstić information content (AvgIpc) is 2.77. The second-order valence-corrected chi connectivity index (χ2v) is 5.93. The summed E-state index contributed by atoms with van der Waals surface area (Å²) >= 11 is 7.32. The highest BCUT2D eigenvalue weighted by molar-refractivity contribution is 7.19. The van der Waals surface area contributed by atoms with Gasteiger partial charge in [-0.15, -0.1) is 11.3 Å². The molecule has 0 bridgehead atoms. The quantitative estimate of drug-likeness (QED) is 0.854. The van der Waals surface area contributed by atoms with Crippen LogP contribution in [0.25, 0.3) is 10.2 Å². The lowest BCUT2D eigenvalue weighted by Crippen LogP contribution is -2.21. The van der Waals surface area contributed by atoms with E-state index >= 15 is 0 Å². The van der Waals surface area contributed by atoms with Gasteiger partial charge in [0.1, 0.15) is 5.52 Å². The van der Waals surface area contributed by atoms with Crippen LogP contribution in [0.5, 0.6) is 0 Å². The Labute approximate surface area is 119 Å². The normalized spacial score (nSPS) is 20.0. The number of fused-ring (bicyclic) bond motifs is 1. The zero-order valence-electron chi connectivity index (χ0n) is 10.2. The first-order valence-electron chi connectivity index (χ1n) is 6.20. The van der Waals surface area contributed by atoms with Crippen LogP contribution in [-0.4, -0.2) is 17.9 Å². The molecule has 0 N–H and O–H groups in total. The molecule has 102 valence electrons. The summed E-state index contributed by atoms with van der Waals surface area (Å²) in [5.74, 6) is -0.335. The van der Waals surface area contributed by atoms with Crippen molar-refractivity contribution >= 4 is 33.2 Å². The number of thiophene rings is 1. The van der Waals surface area contributed by atoms with Gasteiger partial charge >= 0.3 is 0 Å². The van der Waals surface area contributed by atoms with Crippen LogP contribution in [-0.2, 0) is 16.1 Å². The summed E-state index contributed by atoms with van der Waals surface area (Å²) in [7, 11) is 0. The first kappa shape index (κ1) is 13.2. The Balaban J connectivity index is 1.77. The fourth-order valence-corrected chi connectivity index (χ4v) is 3.31. The van der Waals surface area contributed by atoms with Crippen molar-refractivity contribution in [2.75, 3.05) is 6.61 Å². The van der Waals surface area contributed by atoms with Gasteiger partial charge in [0.25, 0.3) is 0 Å². The van der Waals surface area contributed by atoms with Gasteiger partial charge in [-0.2, -0.15) is 0 Å². The van der Waals surface area contributed by atoms with Gasteiger partial charge in [0.15, 0.2) is 12.1 Å². The molecule has 3 nitrogen and oxygen atoms in total. The third-order valence-electron chi connectivity index (χ3n) is 3.07. The smallest absolute Gasteiger partial charge is 0.165 e. The van der Waals surface area contributed by atoms with Gasteiger partial charge < -0.3 is 9.47 Å². The van der Waals surface area contributed by atoms with Crippen molar-refractivity contribution in [1.29, 1.82) is 0 Å². The molecule has 0 saturated carbocycles. The molecule has 3 rings (SSSR count). The summed E-state index contributed by atoms with van der Waals surface area (Å²) < 4.78 is 25.9. The maximum Gasteiger partial charge on any atom is 0.165 e. The van der Waals surface area contributed by atoms with Crippen LogP contribution in [0.3, 0.4) is 0 Å². The third-order valence-corrected chi connectivity index (χ3v) is 4.66. The van der Waals surface area contributed by atoms with Gasteiger partial charge in [0.2, 0.25) is 0 Å². The minimum atomic E-state index is -0.335. The fourth-order valence-electron chi connectivity index (χ4n) is 2.08. The number of pyridine rings is 1. The van der Waals surface area contributed by atoms with Crippen molar-refractivity contribution in [1.82, 2.24) is 4.98 Å². The van der Waals surface area contributed by atoms with Crippen molar-refractivity contribution in [2.45, 2.75) is 32.2 Å².